The molecule has 4 aromatic rings. The molecule has 8 heteroatoms. The molecule has 30 heavy (non-hydrogen) atoms. The Morgan fingerprint density at radius 2 is 2.03 bits per heavy atom. The highest BCUT2D eigenvalue weighted by Crippen LogP contribution is 2.38. The van der Waals surface area contributed by atoms with Gasteiger partial charge in [-0.15, -0.1) is 0 Å². The molecule has 1 saturated heterocycles. The van der Waals surface area contributed by atoms with Gasteiger partial charge in [0, 0.05) is 42.2 Å². The van der Waals surface area contributed by atoms with E-state index in [-0.39, 0.29) is 11.8 Å². The predicted octanol–water partition coefficient (Wildman–Crippen LogP) is 3.76. The number of methoxy groups -OCH3 is 2. The van der Waals surface area contributed by atoms with Gasteiger partial charge in [0.25, 0.3) is 5.89 Å². The van der Waals surface area contributed by atoms with Crippen molar-refractivity contribution in [3.8, 4) is 23.0 Å². The Morgan fingerprint density at radius 1 is 1.13 bits per heavy atom. The van der Waals surface area contributed by atoms with Crippen molar-refractivity contribution in [2.45, 2.75) is 12.3 Å². The van der Waals surface area contributed by atoms with Crippen molar-refractivity contribution >= 4 is 22.5 Å². The Hall–Kier alpha value is -3.81. The van der Waals surface area contributed by atoms with E-state index < -0.39 is 0 Å². The van der Waals surface area contributed by atoms with E-state index in [2.05, 4.69) is 15.1 Å². The molecule has 0 aliphatic carbocycles. The number of rotatable bonds is 5. The van der Waals surface area contributed by atoms with Crippen molar-refractivity contribution in [3.05, 3.63) is 54.5 Å². The smallest absolute Gasteiger partial charge is 0.258 e. The SMILES string of the molecule is COc1ccc(N2CC(c3noc(-c4ccc5cc[nH]c5c4)n3)CC2=O)c(OC)c1. The number of carbonyl (C=O) groups excluding carboxylic acids is 1. The van der Waals surface area contributed by atoms with Crippen LogP contribution >= 0.6 is 0 Å². The zero-order valence-corrected chi connectivity index (χ0v) is 16.6. The van der Waals surface area contributed by atoms with Gasteiger partial charge in [-0.3, -0.25) is 4.79 Å². The standard InChI is InChI=1S/C22H20N4O4/c1-28-16-5-6-18(19(11-16)29-2)26-12-15(10-20(26)27)21-24-22(30-25-21)14-4-3-13-7-8-23-17(13)9-14/h3-9,11,15,23H,10,12H2,1-2H3. The van der Waals surface area contributed by atoms with Gasteiger partial charge < -0.3 is 23.9 Å². The second-order valence-electron chi connectivity index (χ2n) is 7.18. The van der Waals surface area contributed by atoms with Crippen LogP contribution in [0, 0.1) is 0 Å². The van der Waals surface area contributed by atoms with Crippen LogP contribution in [0.5, 0.6) is 11.5 Å². The minimum absolute atomic E-state index is 0.0115. The Labute approximate surface area is 172 Å². The van der Waals surface area contributed by atoms with Crippen LogP contribution in [0.3, 0.4) is 0 Å². The summed E-state index contributed by atoms with van der Waals surface area (Å²) in [5.74, 6) is 2.05. The molecule has 1 atom stereocenters. The molecule has 1 N–H and O–H groups in total. The molecule has 2 aromatic carbocycles. The highest BCUT2D eigenvalue weighted by Gasteiger charge is 2.36. The first-order valence-electron chi connectivity index (χ1n) is 9.60. The van der Waals surface area contributed by atoms with Gasteiger partial charge in [-0.1, -0.05) is 11.2 Å². The Bertz CT molecular complexity index is 1230. The van der Waals surface area contributed by atoms with Gasteiger partial charge in [0.05, 0.1) is 19.9 Å². The summed E-state index contributed by atoms with van der Waals surface area (Å²) in [4.78, 5) is 22.2. The molecule has 0 saturated carbocycles. The lowest BCUT2D eigenvalue weighted by Crippen LogP contribution is -2.24. The Balaban J connectivity index is 1.40. The molecule has 0 spiro atoms. The summed E-state index contributed by atoms with van der Waals surface area (Å²) < 4.78 is 16.2. The number of anilines is 1. The van der Waals surface area contributed by atoms with Crippen LogP contribution in [0.2, 0.25) is 0 Å². The number of nitrogens with one attached hydrogen (secondary N) is 1. The van der Waals surface area contributed by atoms with Gasteiger partial charge in [0.15, 0.2) is 5.82 Å². The van der Waals surface area contributed by atoms with Crippen molar-refractivity contribution in [3.63, 3.8) is 0 Å². The molecule has 8 nitrogen and oxygen atoms in total. The quantitative estimate of drug-likeness (QED) is 0.544. The first-order chi connectivity index (χ1) is 14.7. The molecule has 1 aliphatic heterocycles. The molecule has 0 bridgehead atoms. The second kappa shape index (κ2) is 7.22. The van der Waals surface area contributed by atoms with Gasteiger partial charge in [0.1, 0.15) is 11.5 Å². The third kappa shape index (κ3) is 3.06. The van der Waals surface area contributed by atoms with Crippen LogP contribution in [0.1, 0.15) is 18.2 Å². The topological polar surface area (TPSA) is 93.5 Å². The molecule has 0 radical (unpaired) electrons. The lowest BCUT2D eigenvalue weighted by Gasteiger charge is -2.19. The van der Waals surface area contributed by atoms with E-state index in [4.69, 9.17) is 14.0 Å². The first kappa shape index (κ1) is 18.2. The second-order valence-corrected chi connectivity index (χ2v) is 7.18. The summed E-state index contributed by atoms with van der Waals surface area (Å²) in [6.07, 6.45) is 2.20. The average molecular weight is 404 g/mol. The summed E-state index contributed by atoms with van der Waals surface area (Å²) in [5, 5.41) is 5.26. The first-order valence-corrected chi connectivity index (χ1v) is 9.60. The van der Waals surface area contributed by atoms with Crippen molar-refractivity contribution in [1.82, 2.24) is 15.1 Å². The molecule has 3 heterocycles. The average Bonchev–Trinajstić information content (AvgIpc) is 3.51. The fourth-order valence-corrected chi connectivity index (χ4v) is 3.82. The van der Waals surface area contributed by atoms with E-state index in [0.29, 0.717) is 41.9 Å². The van der Waals surface area contributed by atoms with E-state index in [9.17, 15) is 4.79 Å². The monoisotopic (exact) mass is 404 g/mol. The van der Waals surface area contributed by atoms with Gasteiger partial charge >= 0.3 is 0 Å². The number of hydrogen-bond donors (Lipinski definition) is 1. The summed E-state index contributed by atoms with van der Waals surface area (Å²) in [7, 11) is 3.16. The van der Waals surface area contributed by atoms with E-state index >= 15 is 0 Å². The Morgan fingerprint density at radius 3 is 2.87 bits per heavy atom. The number of aromatic amines is 1. The molecular formula is C22H20N4O4. The molecule has 5 rings (SSSR count). The number of fused-ring (bicyclic) bond motifs is 1. The number of ether oxygens (including phenoxy) is 2. The zero-order valence-electron chi connectivity index (χ0n) is 16.6. The lowest BCUT2D eigenvalue weighted by atomic mass is 10.1. The van der Waals surface area contributed by atoms with Gasteiger partial charge in [0.2, 0.25) is 5.91 Å². The molecule has 1 unspecified atom stereocenters. The molecule has 1 amide bonds. The zero-order chi connectivity index (χ0) is 20.7. The van der Waals surface area contributed by atoms with Crippen LogP contribution in [-0.4, -0.2) is 41.8 Å². The predicted molar refractivity (Wildman–Crippen MR) is 111 cm³/mol. The number of H-pyrrole nitrogens is 1. The number of benzene rings is 2. The Kier molecular flexibility index (Phi) is 4.39. The maximum Gasteiger partial charge on any atom is 0.258 e. The van der Waals surface area contributed by atoms with E-state index in [1.165, 1.54) is 0 Å². The number of carbonyl (C=O) groups is 1. The lowest BCUT2D eigenvalue weighted by molar-refractivity contribution is -0.117. The fourth-order valence-electron chi connectivity index (χ4n) is 3.82. The van der Waals surface area contributed by atoms with Crippen LogP contribution in [0.4, 0.5) is 5.69 Å². The molecule has 1 fully saturated rings. The van der Waals surface area contributed by atoms with E-state index in [1.54, 1.807) is 25.2 Å². The maximum absolute atomic E-state index is 12.7. The van der Waals surface area contributed by atoms with Gasteiger partial charge in [-0.2, -0.15) is 4.98 Å². The summed E-state index contributed by atoms with van der Waals surface area (Å²) in [6.45, 7) is 0.455. The minimum atomic E-state index is -0.156. The van der Waals surface area contributed by atoms with Crippen LogP contribution in [0.25, 0.3) is 22.4 Å². The van der Waals surface area contributed by atoms with Crippen LogP contribution in [0.15, 0.2) is 53.2 Å². The number of aromatic nitrogens is 3. The minimum Gasteiger partial charge on any atom is -0.497 e. The molecule has 1 aliphatic rings. The largest absolute Gasteiger partial charge is 0.497 e. The van der Waals surface area contributed by atoms with Crippen molar-refractivity contribution in [2.24, 2.45) is 0 Å². The summed E-state index contributed by atoms with van der Waals surface area (Å²) >= 11 is 0. The molecule has 152 valence electrons. The highest BCUT2D eigenvalue weighted by atomic mass is 16.5. The fraction of sp³-hybridized carbons (Fsp3) is 0.227. The third-order valence-corrected chi connectivity index (χ3v) is 5.41. The summed E-state index contributed by atoms with van der Waals surface area (Å²) in [6, 6.07) is 13.3. The number of nitrogens with zero attached hydrogens (tertiary/aromatic N) is 3. The molecular weight excluding hydrogens is 384 g/mol. The van der Waals surface area contributed by atoms with Gasteiger partial charge in [-0.25, -0.2) is 0 Å². The number of hydrogen-bond acceptors (Lipinski definition) is 6. The number of amides is 1. The summed E-state index contributed by atoms with van der Waals surface area (Å²) in [5.41, 5.74) is 2.54. The van der Waals surface area contributed by atoms with Crippen molar-refractivity contribution < 1.29 is 18.8 Å². The molecule has 2 aromatic heterocycles. The van der Waals surface area contributed by atoms with Gasteiger partial charge in [-0.05, 0) is 35.7 Å². The van der Waals surface area contributed by atoms with Crippen molar-refractivity contribution in [2.75, 3.05) is 25.7 Å². The van der Waals surface area contributed by atoms with Crippen LogP contribution < -0.4 is 14.4 Å². The van der Waals surface area contributed by atoms with Crippen LogP contribution in [-0.2, 0) is 4.79 Å². The van der Waals surface area contributed by atoms with E-state index in [0.717, 1.165) is 16.5 Å². The third-order valence-electron chi connectivity index (χ3n) is 5.41. The normalized spacial score (nSPS) is 16.4. The maximum atomic E-state index is 12.7. The highest BCUT2D eigenvalue weighted by molar-refractivity contribution is 5.98. The van der Waals surface area contributed by atoms with Crippen molar-refractivity contribution in [1.29, 1.82) is 0 Å². The van der Waals surface area contributed by atoms with E-state index in [1.807, 2.05) is 42.6 Å².